The summed E-state index contributed by atoms with van der Waals surface area (Å²) in [7, 11) is -3.47. The molecule has 0 aromatic heterocycles. The Morgan fingerprint density at radius 3 is 2.71 bits per heavy atom. The van der Waals surface area contributed by atoms with Crippen LogP contribution in [-0.4, -0.2) is 49.3 Å². The molecule has 0 bridgehead atoms. The molecule has 2 heterocycles. The number of fused-ring (bicyclic) bond motifs is 1. The van der Waals surface area contributed by atoms with Gasteiger partial charge in [0.2, 0.25) is 10.0 Å². The summed E-state index contributed by atoms with van der Waals surface area (Å²) >= 11 is 0. The van der Waals surface area contributed by atoms with Crippen LogP contribution >= 0.6 is 0 Å². The predicted molar refractivity (Wildman–Crippen MR) is 83.5 cm³/mol. The third-order valence-electron chi connectivity index (χ3n) is 4.56. The Bertz CT molecular complexity index is 624. The van der Waals surface area contributed by atoms with Crippen LogP contribution in [0.1, 0.15) is 25.3 Å². The molecule has 1 aromatic carbocycles. The standard InChI is InChI=1S/C15H23N3O2S/c1-11-6-13(16)8-15(7-11)21(19,20)18-10-14-4-3-5-17(14)9-12(18)2/h6-8,12,14H,3-5,9-10,16H2,1-2H3. The number of rotatable bonds is 2. The minimum absolute atomic E-state index is 0.00564. The molecule has 2 N–H and O–H groups in total. The van der Waals surface area contributed by atoms with Crippen molar-refractivity contribution in [3.8, 4) is 0 Å². The fourth-order valence-corrected chi connectivity index (χ4v) is 5.36. The molecule has 0 spiro atoms. The molecule has 0 aliphatic carbocycles. The molecule has 116 valence electrons. The summed E-state index contributed by atoms with van der Waals surface area (Å²) in [5, 5.41) is 0. The maximum Gasteiger partial charge on any atom is 0.243 e. The molecule has 0 radical (unpaired) electrons. The molecule has 5 nitrogen and oxygen atoms in total. The van der Waals surface area contributed by atoms with Crippen molar-refractivity contribution in [3.05, 3.63) is 23.8 Å². The van der Waals surface area contributed by atoms with Crippen molar-refractivity contribution >= 4 is 15.7 Å². The molecule has 3 rings (SSSR count). The van der Waals surface area contributed by atoms with Gasteiger partial charge in [0.05, 0.1) is 4.90 Å². The lowest BCUT2D eigenvalue weighted by Gasteiger charge is -2.41. The normalized spacial score (nSPS) is 27.7. The van der Waals surface area contributed by atoms with E-state index in [0.29, 0.717) is 23.2 Å². The number of anilines is 1. The van der Waals surface area contributed by atoms with E-state index in [-0.39, 0.29) is 6.04 Å². The van der Waals surface area contributed by atoms with E-state index in [0.717, 1.165) is 25.1 Å². The van der Waals surface area contributed by atoms with E-state index in [9.17, 15) is 8.42 Å². The number of nitrogens with zero attached hydrogens (tertiary/aromatic N) is 2. The van der Waals surface area contributed by atoms with Crippen LogP contribution in [0.5, 0.6) is 0 Å². The zero-order valence-corrected chi connectivity index (χ0v) is 13.4. The molecule has 21 heavy (non-hydrogen) atoms. The van der Waals surface area contributed by atoms with Gasteiger partial charge in [-0.15, -0.1) is 0 Å². The van der Waals surface area contributed by atoms with Gasteiger partial charge in [0.15, 0.2) is 0 Å². The molecule has 1 aromatic rings. The number of hydrogen-bond acceptors (Lipinski definition) is 4. The number of nitrogen functional groups attached to an aromatic ring is 1. The maximum atomic E-state index is 12.9. The van der Waals surface area contributed by atoms with Gasteiger partial charge in [-0.25, -0.2) is 8.42 Å². The molecule has 0 saturated carbocycles. The second kappa shape index (κ2) is 5.26. The van der Waals surface area contributed by atoms with Gasteiger partial charge in [0.1, 0.15) is 0 Å². The van der Waals surface area contributed by atoms with E-state index in [1.165, 1.54) is 6.42 Å². The second-order valence-corrected chi connectivity index (χ2v) is 8.18. The number of hydrogen-bond donors (Lipinski definition) is 1. The number of aryl methyl sites for hydroxylation is 1. The lowest BCUT2D eigenvalue weighted by atomic mass is 10.1. The summed E-state index contributed by atoms with van der Waals surface area (Å²) in [5.74, 6) is 0. The Labute approximate surface area is 126 Å². The van der Waals surface area contributed by atoms with Crippen LogP contribution in [0.15, 0.2) is 23.1 Å². The molecule has 6 heteroatoms. The molecule has 0 amide bonds. The van der Waals surface area contributed by atoms with Gasteiger partial charge in [0, 0.05) is 30.9 Å². The molecule has 2 atom stereocenters. The SMILES string of the molecule is Cc1cc(N)cc(S(=O)(=O)N2CC3CCCN3CC2C)c1. The number of sulfonamides is 1. The predicted octanol–water partition coefficient (Wildman–Crippen LogP) is 1.43. The van der Waals surface area contributed by atoms with Crippen molar-refractivity contribution in [3.63, 3.8) is 0 Å². The summed E-state index contributed by atoms with van der Waals surface area (Å²) < 4.78 is 27.5. The Morgan fingerprint density at radius 2 is 2.00 bits per heavy atom. The van der Waals surface area contributed by atoms with Crippen molar-refractivity contribution in [1.82, 2.24) is 9.21 Å². The zero-order valence-electron chi connectivity index (χ0n) is 12.6. The summed E-state index contributed by atoms with van der Waals surface area (Å²) in [6.07, 6.45) is 2.26. The third-order valence-corrected chi connectivity index (χ3v) is 6.52. The molecule has 2 fully saturated rings. The van der Waals surface area contributed by atoms with E-state index < -0.39 is 10.0 Å². The van der Waals surface area contributed by atoms with Crippen LogP contribution in [0.2, 0.25) is 0 Å². The highest BCUT2D eigenvalue weighted by atomic mass is 32.2. The molecule has 2 saturated heterocycles. The van der Waals surface area contributed by atoms with Crippen molar-refractivity contribution in [2.45, 2.75) is 43.7 Å². The smallest absolute Gasteiger partial charge is 0.243 e. The average Bonchev–Trinajstić information content (AvgIpc) is 2.83. The van der Waals surface area contributed by atoms with Crippen LogP contribution in [0, 0.1) is 6.92 Å². The van der Waals surface area contributed by atoms with Gasteiger partial charge in [0.25, 0.3) is 0 Å². The summed E-state index contributed by atoms with van der Waals surface area (Å²) in [4.78, 5) is 2.74. The van der Waals surface area contributed by atoms with Gasteiger partial charge in [-0.2, -0.15) is 4.31 Å². The van der Waals surface area contributed by atoms with Gasteiger partial charge in [-0.3, -0.25) is 4.90 Å². The zero-order chi connectivity index (χ0) is 15.2. The highest BCUT2D eigenvalue weighted by Gasteiger charge is 2.40. The number of nitrogens with two attached hydrogens (primary N) is 1. The summed E-state index contributed by atoms with van der Waals surface area (Å²) in [6, 6.07) is 5.44. The Hall–Kier alpha value is -1.11. The summed E-state index contributed by atoms with van der Waals surface area (Å²) in [6.45, 7) is 6.38. The largest absolute Gasteiger partial charge is 0.399 e. The van der Waals surface area contributed by atoms with Crippen molar-refractivity contribution < 1.29 is 8.42 Å². The van der Waals surface area contributed by atoms with Crippen LogP contribution < -0.4 is 5.73 Å². The molecular weight excluding hydrogens is 286 g/mol. The van der Waals surface area contributed by atoms with Crippen LogP contribution in [0.25, 0.3) is 0 Å². The van der Waals surface area contributed by atoms with Gasteiger partial charge >= 0.3 is 0 Å². The summed E-state index contributed by atoms with van der Waals surface area (Å²) in [5.41, 5.74) is 7.19. The van der Waals surface area contributed by atoms with Crippen molar-refractivity contribution in [2.24, 2.45) is 0 Å². The molecule has 2 unspecified atom stereocenters. The quantitative estimate of drug-likeness (QED) is 0.839. The average molecular weight is 309 g/mol. The first kappa shape index (κ1) is 14.8. The van der Waals surface area contributed by atoms with E-state index in [2.05, 4.69) is 4.90 Å². The van der Waals surface area contributed by atoms with Crippen LogP contribution in [-0.2, 0) is 10.0 Å². The van der Waals surface area contributed by atoms with Crippen molar-refractivity contribution in [1.29, 1.82) is 0 Å². The van der Waals surface area contributed by atoms with E-state index >= 15 is 0 Å². The third kappa shape index (κ3) is 2.67. The molecule has 2 aliphatic heterocycles. The van der Waals surface area contributed by atoms with Crippen molar-refractivity contribution in [2.75, 3.05) is 25.4 Å². The van der Waals surface area contributed by atoms with Crippen LogP contribution in [0.3, 0.4) is 0 Å². The second-order valence-electron chi connectivity index (χ2n) is 6.29. The number of piperazine rings is 1. The monoisotopic (exact) mass is 309 g/mol. The highest BCUT2D eigenvalue weighted by molar-refractivity contribution is 7.89. The highest BCUT2D eigenvalue weighted by Crippen LogP contribution is 2.29. The van der Waals surface area contributed by atoms with E-state index in [1.807, 2.05) is 13.8 Å². The first-order valence-corrected chi connectivity index (χ1v) is 8.95. The van der Waals surface area contributed by atoms with E-state index in [1.54, 1.807) is 22.5 Å². The Morgan fingerprint density at radius 1 is 1.24 bits per heavy atom. The topological polar surface area (TPSA) is 66.6 Å². The Balaban J connectivity index is 1.93. The lowest BCUT2D eigenvalue weighted by molar-refractivity contribution is 0.117. The lowest BCUT2D eigenvalue weighted by Crippen LogP contribution is -2.56. The van der Waals surface area contributed by atoms with Gasteiger partial charge in [-0.05, 0) is 57.0 Å². The van der Waals surface area contributed by atoms with E-state index in [4.69, 9.17) is 5.73 Å². The number of benzene rings is 1. The molecule has 2 aliphatic rings. The minimum Gasteiger partial charge on any atom is -0.399 e. The van der Waals surface area contributed by atoms with Gasteiger partial charge < -0.3 is 5.73 Å². The van der Waals surface area contributed by atoms with Crippen LogP contribution in [0.4, 0.5) is 5.69 Å². The fourth-order valence-electron chi connectivity index (χ4n) is 3.56. The first-order chi connectivity index (χ1) is 9.88. The maximum absolute atomic E-state index is 12.9. The Kier molecular flexibility index (Phi) is 3.71. The van der Waals surface area contributed by atoms with Gasteiger partial charge in [-0.1, -0.05) is 0 Å². The fraction of sp³-hybridized carbons (Fsp3) is 0.600. The minimum atomic E-state index is -3.47. The first-order valence-electron chi connectivity index (χ1n) is 7.51. The molecular formula is C15H23N3O2S.